The Morgan fingerprint density at radius 2 is 1.60 bits per heavy atom. The average molecular weight is 319 g/mol. The van der Waals surface area contributed by atoms with Gasteiger partial charge < -0.3 is 9.47 Å². The number of hydrogen-bond donors (Lipinski definition) is 0. The lowest BCUT2D eigenvalue weighted by atomic mass is 10.1. The van der Waals surface area contributed by atoms with E-state index >= 15 is 0 Å². The van der Waals surface area contributed by atoms with Gasteiger partial charge in [-0.15, -0.1) is 23.5 Å². The van der Waals surface area contributed by atoms with E-state index in [1.807, 2.05) is 12.5 Å². The standard InChI is InChI=1S/C13H21NO4S2/c1-6-17-10(15)8-9(3)11(12(16)18-7-2)14-13(19-4)20-5/h6-8H2,1-5H3/b11-9+. The van der Waals surface area contributed by atoms with Gasteiger partial charge in [0.2, 0.25) is 0 Å². The van der Waals surface area contributed by atoms with Gasteiger partial charge in [-0.25, -0.2) is 9.79 Å². The van der Waals surface area contributed by atoms with E-state index in [0.717, 1.165) is 4.38 Å². The fraction of sp³-hybridized carbons (Fsp3) is 0.615. The van der Waals surface area contributed by atoms with Crippen LogP contribution in [-0.2, 0) is 19.1 Å². The van der Waals surface area contributed by atoms with E-state index in [1.165, 1.54) is 23.5 Å². The molecule has 0 aromatic heterocycles. The summed E-state index contributed by atoms with van der Waals surface area (Å²) in [6.45, 7) is 5.72. The fourth-order valence-electron chi connectivity index (χ4n) is 1.29. The third kappa shape index (κ3) is 7.00. The highest BCUT2D eigenvalue weighted by Gasteiger charge is 2.17. The number of ether oxygens (including phenoxy) is 2. The molecular formula is C13H21NO4S2. The molecule has 0 amide bonds. The van der Waals surface area contributed by atoms with Crippen LogP contribution in [-0.4, -0.2) is 42.0 Å². The van der Waals surface area contributed by atoms with Gasteiger partial charge in [-0.3, -0.25) is 4.79 Å². The van der Waals surface area contributed by atoms with Crippen molar-refractivity contribution in [1.29, 1.82) is 0 Å². The smallest absolute Gasteiger partial charge is 0.356 e. The zero-order valence-electron chi connectivity index (χ0n) is 12.5. The van der Waals surface area contributed by atoms with Crippen LogP contribution in [0.5, 0.6) is 0 Å². The Labute approximate surface area is 128 Å². The van der Waals surface area contributed by atoms with Crippen molar-refractivity contribution < 1.29 is 19.1 Å². The van der Waals surface area contributed by atoms with Gasteiger partial charge in [-0.1, -0.05) is 0 Å². The van der Waals surface area contributed by atoms with Gasteiger partial charge in [0.05, 0.1) is 19.6 Å². The van der Waals surface area contributed by atoms with Crippen molar-refractivity contribution in [2.45, 2.75) is 27.2 Å². The van der Waals surface area contributed by atoms with Gasteiger partial charge in [0.1, 0.15) is 10.1 Å². The molecule has 7 heteroatoms. The molecule has 0 aromatic carbocycles. The van der Waals surface area contributed by atoms with E-state index in [-0.39, 0.29) is 24.7 Å². The molecule has 0 saturated heterocycles. The molecule has 5 nitrogen and oxygen atoms in total. The van der Waals surface area contributed by atoms with E-state index in [4.69, 9.17) is 9.47 Å². The zero-order valence-corrected chi connectivity index (χ0v) is 14.2. The maximum atomic E-state index is 11.9. The van der Waals surface area contributed by atoms with Crippen molar-refractivity contribution in [3.63, 3.8) is 0 Å². The Morgan fingerprint density at radius 1 is 1.05 bits per heavy atom. The van der Waals surface area contributed by atoms with Crippen molar-refractivity contribution in [3.05, 3.63) is 11.3 Å². The number of carbonyl (C=O) groups is 2. The number of rotatable bonds is 6. The number of hydrogen-bond acceptors (Lipinski definition) is 7. The molecular weight excluding hydrogens is 298 g/mol. The maximum Gasteiger partial charge on any atom is 0.356 e. The average Bonchev–Trinajstić information content (AvgIpc) is 2.40. The van der Waals surface area contributed by atoms with E-state index in [2.05, 4.69) is 4.99 Å². The molecule has 0 bridgehead atoms. The lowest BCUT2D eigenvalue weighted by Gasteiger charge is -2.09. The Morgan fingerprint density at radius 3 is 2.05 bits per heavy atom. The van der Waals surface area contributed by atoms with Crippen molar-refractivity contribution in [2.24, 2.45) is 4.99 Å². The first-order valence-electron chi connectivity index (χ1n) is 6.19. The minimum Gasteiger partial charge on any atom is -0.466 e. The Bertz CT molecular complexity index is 399. The number of esters is 2. The highest BCUT2D eigenvalue weighted by Crippen LogP contribution is 2.19. The van der Waals surface area contributed by atoms with Crippen LogP contribution >= 0.6 is 23.5 Å². The van der Waals surface area contributed by atoms with Crippen molar-refractivity contribution in [2.75, 3.05) is 25.7 Å². The summed E-state index contributed by atoms with van der Waals surface area (Å²) in [5.74, 6) is -0.897. The summed E-state index contributed by atoms with van der Waals surface area (Å²) in [5, 5.41) is 0. The van der Waals surface area contributed by atoms with Crippen LogP contribution in [0.2, 0.25) is 0 Å². The first-order valence-corrected chi connectivity index (χ1v) is 8.64. The van der Waals surface area contributed by atoms with Crippen molar-refractivity contribution >= 4 is 39.8 Å². The molecule has 20 heavy (non-hydrogen) atoms. The molecule has 0 fully saturated rings. The lowest BCUT2D eigenvalue weighted by Crippen LogP contribution is -2.12. The van der Waals surface area contributed by atoms with Crippen LogP contribution in [0.4, 0.5) is 0 Å². The lowest BCUT2D eigenvalue weighted by molar-refractivity contribution is -0.142. The van der Waals surface area contributed by atoms with Crippen molar-refractivity contribution in [3.8, 4) is 0 Å². The summed E-state index contributed by atoms with van der Waals surface area (Å²) < 4.78 is 10.6. The molecule has 0 unspecified atom stereocenters. The first-order chi connectivity index (χ1) is 9.49. The van der Waals surface area contributed by atoms with Gasteiger partial charge in [-0.2, -0.15) is 0 Å². The van der Waals surface area contributed by atoms with Crippen molar-refractivity contribution in [1.82, 2.24) is 0 Å². The van der Waals surface area contributed by atoms with Crippen LogP contribution in [0.25, 0.3) is 0 Å². The summed E-state index contributed by atoms with van der Waals surface area (Å²) in [6, 6.07) is 0. The third-order valence-corrected chi connectivity index (χ3v) is 4.02. The molecule has 0 spiro atoms. The number of thioether (sulfide) groups is 2. The summed E-state index contributed by atoms with van der Waals surface area (Å²) in [7, 11) is 0. The predicted molar refractivity (Wildman–Crippen MR) is 85.0 cm³/mol. The van der Waals surface area contributed by atoms with Crippen LogP contribution < -0.4 is 0 Å². The quantitative estimate of drug-likeness (QED) is 0.325. The zero-order chi connectivity index (χ0) is 15.5. The number of nitrogens with zero attached hydrogens (tertiary/aromatic N) is 1. The fourth-order valence-corrected chi connectivity index (χ4v) is 2.32. The molecule has 0 heterocycles. The molecule has 0 aliphatic carbocycles. The topological polar surface area (TPSA) is 65.0 Å². The van der Waals surface area contributed by atoms with Gasteiger partial charge in [0, 0.05) is 0 Å². The molecule has 0 saturated carbocycles. The molecule has 0 atom stereocenters. The summed E-state index contributed by atoms with van der Waals surface area (Å²) >= 11 is 2.87. The van der Waals surface area contributed by atoms with E-state index in [0.29, 0.717) is 12.2 Å². The van der Waals surface area contributed by atoms with Gasteiger partial charge >= 0.3 is 11.9 Å². The second kappa shape index (κ2) is 10.8. The van der Waals surface area contributed by atoms with Crippen LogP contribution in [0.3, 0.4) is 0 Å². The predicted octanol–water partition coefficient (Wildman–Crippen LogP) is 2.86. The molecule has 0 rings (SSSR count). The second-order valence-electron chi connectivity index (χ2n) is 3.62. The molecule has 0 aromatic rings. The number of aliphatic imine (C=N–C) groups is 1. The number of carbonyl (C=O) groups excluding carboxylic acids is 2. The summed E-state index contributed by atoms with van der Waals surface area (Å²) in [5.41, 5.74) is 0.723. The molecule has 0 aliphatic rings. The largest absolute Gasteiger partial charge is 0.466 e. The third-order valence-electron chi connectivity index (χ3n) is 2.14. The monoisotopic (exact) mass is 319 g/mol. The van der Waals surface area contributed by atoms with E-state index in [9.17, 15) is 9.59 Å². The Balaban J connectivity index is 5.32. The summed E-state index contributed by atoms with van der Waals surface area (Å²) in [4.78, 5) is 27.7. The summed E-state index contributed by atoms with van der Waals surface area (Å²) in [6.07, 6.45) is 3.78. The molecule has 114 valence electrons. The maximum absolute atomic E-state index is 11.9. The highest BCUT2D eigenvalue weighted by atomic mass is 32.2. The van der Waals surface area contributed by atoms with Gasteiger partial charge in [0.15, 0.2) is 0 Å². The second-order valence-corrected chi connectivity index (χ2v) is 5.47. The highest BCUT2D eigenvalue weighted by molar-refractivity contribution is 8.38. The SMILES string of the molecule is CCOC(=O)C/C(C)=C(/N=C(SC)SC)C(=O)OCC. The minimum atomic E-state index is -0.519. The Kier molecular flexibility index (Phi) is 10.3. The van der Waals surface area contributed by atoms with Crippen LogP contribution in [0, 0.1) is 0 Å². The minimum absolute atomic E-state index is 0.0293. The first kappa shape index (κ1) is 19.1. The van der Waals surface area contributed by atoms with Gasteiger partial charge in [-0.05, 0) is 38.9 Å². The normalized spacial score (nSPS) is 11.4. The molecule has 0 aliphatic heterocycles. The molecule has 0 radical (unpaired) electrons. The van der Waals surface area contributed by atoms with E-state index in [1.54, 1.807) is 20.8 Å². The Hall–Kier alpha value is -0.950. The van der Waals surface area contributed by atoms with Crippen LogP contribution in [0.15, 0.2) is 16.3 Å². The molecule has 0 N–H and O–H groups in total. The van der Waals surface area contributed by atoms with Crippen LogP contribution in [0.1, 0.15) is 27.2 Å². The van der Waals surface area contributed by atoms with Gasteiger partial charge in [0.25, 0.3) is 0 Å². The van der Waals surface area contributed by atoms with E-state index < -0.39 is 5.97 Å².